The maximum atomic E-state index is 12.1. The molecule has 4 heteroatoms. The molecule has 0 spiro atoms. The van der Waals surface area contributed by atoms with E-state index in [4.69, 9.17) is 10.5 Å². The minimum absolute atomic E-state index is 0.166. The maximum Gasteiger partial charge on any atom is 0.328 e. The Morgan fingerprint density at radius 2 is 2.11 bits per heavy atom. The Morgan fingerprint density at radius 1 is 1.37 bits per heavy atom. The summed E-state index contributed by atoms with van der Waals surface area (Å²) in [6.45, 7) is 7.13. The SMILES string of the molecule is CCCN(c1cccc(N)c1)C(CC)C(=O)OCC. The Labute approximate surface area is 115 Å². The van der Waals surface area contributed by atoms with E-state index < -0.39 is 0 Å². The fourth-order valence-electron chi connectivity index (χ4n) is 2.16. The molecule has 0 aromatic heterocycles. The van der Waals surface area contributed by atoms with Crippen LogP contribution in [-0.2, 0) is 9.53 Å². The van der Waals surface area contributed by atoms with E-state index in [1.807, 2.05) is 38.1 Å². The van der Waals surface area contributed by atoms with Crippen LogP contribution >= 0.6 is 0 Å². The minimum Gasteiger partial charge on any atom is -0.464 e. The van der Waals surface area contributed by atoms with Crippen LogP contribution in [0.5, 0.6) is 0 Å². The van der Waals surface area contributed by atoms with Crippen molar-refractivity contribution in [3.8, 4) is 0 Å². The normalized spacial score (nSPS) is 11.9. The topological polar surface area (TPSA) is 55.6 Å². The highest BCUT2D eigenvalue weighted by atomic mass is 16.5. The summed E-state index contributed by atoms with van der Waals surface area (Å²) >= 11 is 0. The number of nitrogen functional groups attached to an aromatic ring is 1. The number of esters is 1. The van der Waals surface area contributed by atoms with Crippen LogP contribution < -0.4 is 10.6 Å². The van der Waals surface area contributed by atoms with Crippen LogP contribution in [0.3, 0.4) is 0 Å². The summed E-state index contributed by atoms with van der Waals surface area (Å²) in [5.41, 5.74) is 7.51. The minimum atomic E-state index is -0.248. The zero-order chi connectivity index (χ0) is 14.3. The van der Waals surface area contributed by atoms with E-state index >= 15 is 0 Å². The van der Waals surface area contributed by atoms with Crippen molar-refractivity contribution in [2.24, 2.45) is 0 Å². The van der Waals surface area contributed by atoms with Crippen LogP contribution in [0.25, 0.3) is 0 Å². The molecular formula is C15H24N2O2. The van der Waals surface area contributed by atoms with E-state index in [2.05, 4.69) is 11.8 Å². The van der Waals surface area contributed by atoms with Gasteiger partial charge < -0.3 is 15.4 Å². The zero-order valence-electron chi connectivity index (χ0n) is 12.1. The number of hydrogen-bond acceptors (Lipinski definition) is 4. The molecule has 0 aliphatic heterocycles. The number of rotatable bonds is 7. The second-order valence-corrected chi connectivity index (χ2v) is 4.46. The van der Waals surface area contributed by atoms with Crippen LogP contribution in [0.1, 0.15) is 33.6 Å². The molecule has 1 rings (SSSR count). The Hall–Kier alpha value is -1.71. The van der Waals surface area contributed by atoms with Crippen LogP contribution in [0, 0.1) is 0 Å². The lowest BCUT2D eigenvalue weighted by atomic mass is 10.1. The largest absolute Gasteiger partial charge is 0.464 e. The standard InChI is InChI=1S/C15H24N2O2/c1-4-10-17(13-9-7-8-12(16)11-13)14(5-2)15(18)19-6-3/h7-9,11,14H,4-6,10,16H2,1-3H3. The quantitative estimate of drug-likeness (QED) is 0.608. The molecule has 0 aliphatic carbocycles. The van der Waals surface area contributed by atoms with Crippen LogP contribution in [0.4, 0.5) is 11.4 Å². The highest BCUT2D eigenvalue weighted by Crippen LogP contribution is 2.22. The van der Waals surface area contributed by atoms with Gasteiger partial charge in [0.25, 0.3) is 0 Å². The van der Waals surface area contributed by atoms with Crippen LogP contribution in [0.15, 0.2) is 24.3 Å². The lowest BCUT2D eigenvalue weighted by Crippen LogP contribution is -2.42. The van der Waals surface area contributed by atoms with Crippen LogP contribution in [-0.4, -0.2) is 25.2 Å². The van der Waals surface area contributed by atoms with Gasteiger partial charge in [0.15, 0.2) is 0 Å². The lowest BCUT2D eigenvalue weighted by molar-refractivity contribution is -0.144. The number of ether oxygens (including phenoxy) is 1. The Balaban J connectivity index is 3.00. The number of hydrogen-bond donors (Lipinski definition) is 1. The van der Waals surface area contributed by atoms with Gasteiger partial charge in [-0.1, -0.05) is 19.9 Å². The summed E-state index contributed by atoms with van der Waals surface area (Å²) in [5.74, 6) is -0.166. The van der Waals surface area contributed by atoms with E-state index in [9.17, 15) is 4.79 Å². The van der Waals surface area contributed by atoms with Gasteiger partial charge in [0.2, 0.25) is 0 Å². The number of nitrogens with zero attached hydrogens (tertiary/aromatic N) is 1. The number of benzene rings is 1. The van der Waals surface area contributed by atoms with Crippen molar-refractivity contribution in [2.75, 3.05) is 23.8 Å². The molecule has 1 atom stereocenters. The average molecular weight is 264 g/mol. The van der Waals surface area contributed by atoms with E-state index in [0.29, 0.717) is 18.7 Å². The first-order chi connectivity index (χ1) is 9.13. The van der Waals surface area contributed by atoms with Gasteiger partial charge >= 0.3 is 5.97 Å². The van der Waals surface area contributed by atoms with Gasteiger partial charge in [0.1, 0.15) is 6.04 Å². The second-order valence-electron chi connectivity index (χ2n) is 4.46. The Bertz CT molecular complexity index is 407. The summed E-state index contributed by atoms with van der Waals surface area (Å²) in [7, 11) is 0. The third-order valence-corrected chi connectivity index (χ3v) is 2.99. The molecule has 0 radical (unpaired) electrons. The molecule has 4 nitrogen and oxygen atoms in total. The summed E-state index contributed by atoms with van der Waals surface area (Å²) in [6, 6.07) is 7.39. The Morgan fingerprint density at radius 3 is 2.63 bits per heavy atom. The predicted octanol–water partition coefficient (Wildman–Crippen LogP) is 2.83. The zero-order valence-corrected chi connectivity index (χ0v) is 12.1. The van der Waals surface area contributed by atoms with Crippen molar-refractivity contribution in [3.05, 3.63) is 24.3 Å². The van der Waals surface area contributed by atoms with Crippen LogP contribution in [0.2, 0.25) is 0 Å². The van der Waals surface area contributed by atoms with Crippen molar-refractivity contribution in [3.63, 3.8) is 0 Å². The third-order valence-electron chi connectivity index (χ3n) is 2.99. The molecule has 0 saturated heterocycles. The van der Waals surface area contributed by atoms with Crippen molar-refractivity contribution in [1.29, 1.82) is 0 Å². The van der Waals surface area contributed by atoms with E-state index in [1.54, 1.807) is 0 Å². The third kappa shape index (κ3) is 4.16. The van der Waals surface area contributed by atoms with Crippen molar-refractivity contribution in [2.45, 2.75) is 39.7 Å². The van der Waals surface area contributed by atoms with Gasteiger partial charge in [0.05, 0.1) is 6.61 Å². The summed E-state index contributed by atoms with van der Waals surface area (Å²) in [5, 5.41) is 0. The van der Waals surface area contributed by atoms with E-state index in [0.717, 1.165) is 18.7 Å². The fourth-order valence-corrected chi connectivity index (χ4v) is 2.16. The molecule has 0 saturated carbocycles. The van der Waals surface area contributed by atoms with Gasteiger partial charge in [-0.25, -0.2) is 4.79 Å². The van der Waals surface area contributed by atoms with Gasteiger partial charge in [-0.05, 0) is 38.0 Å². The van der Waals surface area contributed by atoms with Gasteiger partial charge in [-0.15, -0.1) is 0 Å². The molecule has 0 fully saturated rings. The molecular weight excluding hydrogens is 240 g/mol. The first kappa shape index (κ1) is 15.3. The summed E-state index contributed by atoms with van der Waals surface area (Å²) in [6.07, 6.45) is 1.68. The lowest BCUT2D eigenvalue weighted by Gasteiger charge is -2.31. The highest BCUT2D eigenvalue weighted by molar-refractivity contribution is 5.80. The van der Waals surface area contributed by atoms with Gasteiger partial charge in [-0.2, -0.15) is 0 Å². The van der Waals surface area contributed by atoms with Gasteiger partial charge in [0, 0.05) is 17.9 Å². The van der Waals surface area contributed by atoms with E-state index in [1.165, 1.54) is 0 Å². The van der Waals surface area contributed by atoms with Gasteiger partial charge in [-0.3, -0.25) is 0 Å². The molecule has 1 unspecified atom stereocenters. The summed E-state index contributed by atoms with van der Waals surface area (Å²) in [4.78, 5) is 14.1. The van der Waals surface area contributed by atoms with E-state index in [-0.39, 0.29) is 12.0 Å². The Kier molecular flexibility index (Phi) is 6.19. The molecule has 0 aliphatic rings. The molecule has 106 valence electrons. The van der Waals surface area contributed by atoms with Crippen molar-refractivity contribution in [1.82, 2.24) is 0 Å². The molecule has 0 bridgehead atoms. The first-order valence-corrected chi connectivity index (χ1v) is 6.92. The maximum absolute atomic E-state index is 12.1. The molecule has 1 aromatic carbocycles. The number of carbonyl (C=O) groups is 1. The monoisotopic (exact) mass is 264 g/mol. The molecule has 0 amide bonds. The summed E-state index contributed by atoms with van der Waals surface area (Å²) < 4.78 is 5.16. The van der Waals surface area contributed by atoms with Crippen molar-refractivity contribution < 1.29 is 9.53 Å². The predicted molar refractivity (Wildman–Crippen MR) is 79.2 cm³/mol. The number of carbonyl (C=O) groups excluding carboxylic acids is 1. The highest BCUT2D eigenvalue weighted by Gasteiger charge is 2.25. The molecule has 0 heterocycles. The second kappa shape index (κ2) is 7.67. The molecule has 1 aromatic rings. The fraction of sp³-hybridized carbons (Fsp3) is 0.533. The number of nitrogens with two attached hydrogens (primary N) is 1. The molecule has 19 heavy (non-hydrogen) atoms. The average Bonchev–Trinajstić information content (AvgIpc) is 2.39. The first-order valence-electron chi connectivity index (χ1n) is 6.92. The molecule has 2 N–H and O–H groups in total. The van der Waals surface area contributed by atoms with Crippen molar-refractivity contribution >= 4 is 17.3 Å². The number of anilines is 2. The smallest absolute Gasteiger partial charge is 0.328 e.